The van der Waals surface area contributed by atoms with Crippen LogP contribution >= 0.6 is 0 Å². The van der Waals surface area contributed by atoms with Gasteiger partial charge in [0.05, 0.1) is 18.1 Å². The molecule has 10 heavy (non-hydrogen) atoms. The summed E-state index contributed by atoms with van der Waals surface area (Å²) in [6.45, 7) is 0. The van der Waals surface area contributed by atoms with Crippen molar-refractivity contribution < 1.29 is 14.6 Å². The van der Waals surface area contributed by atoms with E-state index >= 15 is 0 Å². The molecule has 0 aromatic rings. The molecule has 1 N–H and O–H groups in total. The second-order valence-corrected chi connectivity index (χ2v) is 2.70. The van der Waals surface area contributed by atoms with E-state index < -0.39 is 5.97 Å². The van der Waals surface area contributed by atoms with Gasteiger partial charge in [-0.15, -0.1) is 0 Å². The number of hydrogen-bond donors (Lipinski definition) is 1. The lowest BCUT2D eigenvalue weighted by atomic mass is 9.95. The van der Waals surface area contributed by atoms with Gasteiger partial charge in [-0.1, -0.05) is 12.2 Å². The molecule has 0 spiro atoms. The van der Waals surface area contributed by atoms with Crippen LogP contribution in [0.3, 0.4) is 0 Å². The van der Waals surface area contributed by atoms with Gasteiger partial charge in [0.2, 0.25) is 0 Å². The Morgan fingerprint density at radius 2 is 2.40 bits per heavy atom. The van der Waals surface area contributed by atoms with Crippen molar-refractivity contribution in [2.75, 3.05) is 0 Å². The summed E-state index contributed by atoms with van der Waals surface area (Å²) < 4.78 is 5.25. The summed E-state index contributed by atoms with van der Waals surface area (Å²) >= 11 is 0. The molecular formula is C7H8O3. The van der Waals surface area contributed by atoms with E-state index in [-0.39, 0.29) is 18.1 Å². The number of fused-ring (bicyclic) bond motifs is 2. The maximum absolute atomic E-state index is 10.5. The van der Waals surface area contributed by atoms with E-state index in [4.69, 9.17) is 9.84 Å². The van der Waals surface area contributed by atoms with Crippen LogP contribution in [-0.2, 0) is 9.53 Å². The molecule has 0 aliphatic carbocycles. The fraction of sp³-hybridized carbons (Fsp3) is 0.571. The van der Waals surface area contributed by atoms with Gasteiger partial charge in [-0.05, 0) is 6.42 Å². The van der Waals surface area contributed by atoms with Crippen LogP contribution < -0.4 is 0 Å². The smallest absolute Gasteiger partial charge is 0.309 e. The summed E-state index contributed by atoms with van der Waals surface area (Å²) in [5, 5.41) is 8.62. The Bertz CT molecular complexity index is 197. The zero-order valence-electron chi connectivity index (χ0n) is 5.36. The van der Waals surface area contributed by atoms with Crippen LogP contribution in [0.1, 0.15) is 6.42 Å². The zero-order chi connectivity index (χ0) is 7.14. The van der Waals surface area contributed by atoms with E-state index in [0.717, 1.165) is 0 Å². The van der Waals surface area contributed by atoms with E-state index in [1.54, 1.807) is 0 Å². The third-order valence-electron chi connectivity index (χ3n) is 2.05. The molecule has 3 nitrogen and oxygen atoms in total. The van der Waals surface area contributed by atoms with Crippen molar-refractivity contribution >= 4 is 5.97 Å². The monoisotopic (exact) mass is 140 g/mol. The molecule has 0 amide bonds. The number of aliphatic carboxylic acids is 1. The second-order valence-electron chi connectivity index (χ2n) is 2.70. The minimum Gasteiger partial charge on any atom is -0.481 e. The predicted molar refractivity (Wildman–Crippen MR) is 33.5 cm³/mol. The van der Waals surface area contributed by atoms with Gasteiger partial charge in [-0.3, -0.25) is 4.79 Å². The Labute approximate surface area is 58.3 Å². The molecule has 1 fully saturated rings. The molecule has 2 bridgehead atoms. The number of hydrogen-bond acceptors (Lipinski definition) is 2. The Morgan fingerprint density at radius 1 is 1.60 bits per heavy atom. The molecule has 0 aromatic heterocycles. The molecule has 0 saturated carbocycles. The Balaban J connectivity index is 2.16. The van der Waals surface area contributed by atoms with Crippen LogP contribution in [0.25, 0.3) is 0 Å². The highest BCUT2D eigenvalue weighted by Crippen LogP contribution is 2.33. The first-order valence-corrected chi connectivity index (χ1v) is 3.34. The molecule has 1 saturated heterocycles. The van der Waals surface area contributed by atoms with Gasteiger partial charge in [-0.25, -0.2) is 0 Å². The number of rotatable bonds is 1. The minimum absolute atomic E-state index is 0.0751. The normalized spacial score (nSPS) is 42.6. The van der Waals surface area contributed by atoms with Crippen LogP contribution in [0.15, 0.2) is 12.2 Å². The molecule has 3 heteroatoms. The summed E-state index contributed by atoms with van der Waals surface area (Å²) in [6, 6.07) is 0. The van der Waals surface area contributed by atoms with E-state index in [2.05, 4.69) is 0 Å². The maximum atomic E-state index is 10.5. The summed E-state index contributed by atoms with van der Waals surface area (Å²) in [5.74, 6) is -1.04. The van der Waals surface area contributed by atoms with Crippen molar-refractivity contribution in [1.82, 2.24) is 0 Å². The molecule has 2 heterocycles. The first-order valence-electron chi connectivity index (χ1n) is 3.34. The SMILES string of the molecule is O=C(O)[C@@H]1CC2C=C[C@H]1O2. The summed E-state index contributed by atoms with van der Waals surface area (Å²) in [5.41, 5.74) is 0. The van der Waals surface area contributed by atoms with Crippen molar-refractivity contribution in [3.63, 3.8) is 0 Å². The number of ether oxygens (including phenoxy) is 1. The highest BCUT2D eigenvalue weighted by atomic mass is 16.5. The van der Waals surface area contributed by atoms with Crippen molar-refractivity contribution in [2.45, 2.75) is 18.6 Å². The van der Waals surface area contributed by atoms with Crippen molar-refractivity contribution in [2.24, 2.45) is 5.92 Å². The average molecular weight is 140 g/mol. The van der Waals surface area contributed by atoms with Crippen LogP contribution in [0, 0.1) is 5.92 Å². The Kier molecular flexibility index (Phi) is 1.08. The maximum Gasteiger partial charge on any atom is 0.309 e. The Hall–Kier alpha value is -0.830. The van der Waals surface area contributed by atoms with Gasteiger partial charge in [0, 0.05) is 0 Å². The fourth-order valence-corrected chi connectivity index (χ4v) is 1.51. The van der Waals surface area contributed by atoms with Crippen LogP contribution in [0.2, 0.25) is 0 Å². The minimum atomic E-state index is -0.739. The largest absolute Gasteiger partial charge is 0.481 e. The molecule has 0 aromatic carbocycles. The predicted octanol–water partition coefficient (Wildman–Crippen LogP) is 0.415. The lowest BCUT2D eigenvalue weighted by Crippen LogP contribution is -2.22. The van der Waals surface area contributed by atoms with Gasteiger partial charge in [0.15, 0.2) is 0 Å². The van der Waals surface area contributed by atoms with Crippen molar-refractivity contribution in [3.05, 3.63) is 12.2 Å². The topological polar surface area (TPSA) is 46.5 Å². The summed E-state index contributed by atoms with van der Waals surface area (Å²) in [4.78, 5) is 10.5. The first kappa shape index (κ1) is 5.92. The standard InChI is InChI=1S/C7H8O3/c8-7(9)5-3-4-1-2-6(5)10-4/h1-2,4-6H,3H2,(H,8,9)/t4?,5-,6-/m1/s1. The van der Waals surface area contributed by atoms with Gasteiger partial charge in [0.1, 0.15) is 0 Å². The highest BCUT2D eigenvalue weighted by Gasteiger charge is 2.40. The summed E-state index contributed by atoms with van der Waals surface area (Å²) in [7, 11) is 0. The van der Waals surface area contributed by atoms with Gasteiger partial charge in [-0.2, -0.15) is 0 Å². The van der Waals surface area contributed by atoms with E-state index in [9.17, 15) is 4.79 Å². The summed E-state index contributed by atoms with van der Waals surface area (Å²) in [6.07, 6.45) is 4.35. The average Bonchev–Trinajstić information content (AvgIpc) is 2.44. The number of carboxylic acid groups (broad SMARTS) is 1. The molecule has 1 unspecified atom stereocenters. The van der Waals surface area contributed by atoms with Gasteiger partial charge in [0.25, 0.3) is 0 Å². The van der Waals surface area contributed by atoms with E-state index in [1.165, 1.54) is 0 Å². The van der Waals surface area contributed by atoms with Crippen LogP contribution in [-0.4, -0.2) is 23.3 Å². The highest BCUT2D eigenvalue weighted by molar-refractivity contribution is 5.72. The number of carboxylic acids is 1. The zero-order valence-corrected chi connectivity index (χ0v) is 5.36. The third-order valence-corrected chi connectivity index (χ3v) is 2.05. The quantitative estimate of drug-likeness (QED) is 0.537. The van der Waals surface area contributed by atoms with E-state index in [0.29, 0.717) is 6.42 Å². The van der Waals surface area contributed by atoms with Crippen molar-refractivity contribution in [3.8, 4) is 0 Å². The lowest BCUT2D eigenvalue weighted by molar-refractivity contribution is -0.142. The molecule has 2 rings (SSSR count). The van der Waals surface area contributed by atoms with E-state index in [1.807, 2.05) is 12.2 Å². The second kappa shape index (κ2) is 1.83. The molecule has 2 aliphatic rings. The third kappa shape index (κ3) is 0.671. The molecule has 0 radical (unpaired) electrons. The number of carbonyl (C=O) groups is 1. The van der Waals surface area contributed by atoms with Crippen LogP contribution in [0.5, 0.6) is 0 Å². The lowest BCUT2D eigenvalue weighted by Gasteiger charge is -2.08. The molecule has 54 valence electrons. The molecule has 3 atom stereocenters. The van der Waals surface area contributed by atoms with Gasteiger partial charge < -0.3 is 9.84 Å². The van der Waals surface area contributed by atoms with Crippen LogP contribution in [0.4, 0.5) is 0 Å². The van der Waals surface area contributed by atoms with Crippen molar-refractivity contribution in [1.29, 1.82) is 0 Å². The molecule has 2 aliphatic heterocycles. The first-order chi connectivity index (χ1) is 4.77. The molecular weight excluding hydrogens is 132 g/mol. The fourth-order valence-electron chi connectivity index (χ4n) is 1.51. The Morgan fingerprint density at radius 3 is 2.70 bits per heavy atom. The van der Waals surface area contributed by atoms with Gasteiger partial charge >= 0.3 is 5.97 Å².